The lowest BCUT2D eigenvalue weighted by Gasteiger charge is -2.19. The van der Waals surface area contributed by atoms with E-state index < -0.39 is 10.0 Å². The van der Waals surface area contributed by atoms with E-state index in [0.29, 0.717) is 11.4 Å². The fourth-order valence-corrected chi connectivity index (χ4v) is 3.71. The highest BCUT2D eigenvalue weighted by atomic mass is 32.2. The number of nitrogens with zero attached hydrogens (tertiary/aromatic N) is 4. The molecule has 3 rings (SSSR count). The second-order valence-corrected chi connectivity index (χ2v) is 8.77. The van der Waals surface area contributed by atoms with E-state index in [9.17, 15) is 8.42 Å². The summed E-state index contributed by atoms with van der Waals surface area (Å²) in [6.07, 6.45) is 1.46. The number of aromatic nitrogens is 4. The van der Waals surface area contributed by atoms with E-state index in [4.69, 9.17) is 0 Å². The summed E-state index contributed by atoms with van der Waals surface area (Å²) in [7, 11) is -3.69. The molecule has 136 valence electrons. The van der Waals surface area contributed by atoms with E-state index in [2.05, 4.69) is 41.0 Å². The molecule has 0 radical (unpaired) electrons. The number of benzene rings is 2. The first kappa shape index (κ1) is 18.1. The highest BCUT2D eigenvalue weighted by Crippen LogP contribution is 2.26. The normalized spacial score (nSPS) is 12.2. The van der Waals surface area contributed by atoms with E-state index in [-0.39, 0.29) is 10.3 Å². The van der Waals surface area contributed by atoms with Gasteiger partial charge in [0.15, 0.2) is 0 Å². The van der Waals surface area contributed by atoms with E-state index in [1.165, 1.54) is 11.0 Å². The summed E-state index contributed by atoms with van der Waals surface area (Å²) in [6, 6.07) is 12.2. The molecule has 0 bridgehead atoms. The Hall–Kier alpha value is -2.74. The number of hydrogen-bond donors (Lipinski definition) is 1. The summed E-state index contributed by atoms with van der Waals surface area (Å²) in [5, 5.41) is 11.1. The van der Waals surface area contributed by atoms with Gasteiger partial charge in [-0.05, 0) is 58.2 Å². The standard InChI is InChI=1S/C18H21N5O2S/c1-13-16(6-5-7-17(13)23-12-19-21-22-23)20-26(24,25)15-10-8-14(9-11-15)18(2,3)4/h5-12,20H,1-4H3. The number of rotatable bonds is 4. The average molecular weight is 371 g/mol. The van der Waals surface area contributed by atoms with Crippen LogP contribution in [0.3, 0.4) is 0 Å². The van der Waals surface area contributed by atoms with Gasteiger partial charge >= 0.3 is 0 Å². The van der Waals surface area contributed by atoms with E-state index in [1.807, 2.05) is 25.1 Å². The van der Waals surface area contributed by atoms with Crippen LogP contribution in [0.1, 0.15) is 31.9 Å². The van der Waals surface area contributed by atoms with Gasteiger partial charge in [-0.15, -0.1) is 5.10 Å². The Labute approximate surface area is 153 Å². The van der Waals surface area contributed by atoms with Crippen molar-refractivity contribution in [3.63, 3.8) is 0 Å². The Kier molecular flexibility index (Phi) is 4.53. The van der Waals surface area contributed by atoms with Crippen LogP contribution in [0.2, 0.25) is 0 Å². The van der Waals surface area contributed by atoms with Crippen LogP contribution in [0.4, 0.5) is 5.69 Å². The molecule has 0 saturated heterocycles. The molecule has 0 fully saturated rings. The smallest absolute Gasteiger partial charge is 0.261 e. The first-order valence-electron chi connectivity index (χ1n) is 8.15. The SMILES string of the molecule is Cc1c(NS(=O)(=O)c2ccc(C(C)(C)C)cc2)cccc1-n1cnnn1. The van der Waals surface area contributed by atoms with Gasteiger partial charge in [0.1, 0.15) is 6.33 Å². The third-order valence-electron chi connectivity index (χ3n) is 4.18. The fraction of sp³-hybridized carbons (Fsp3) is 0.278. The molecule has 8 heteroatoms. The Morgan fingerprint density at radius 1 is 1.04 bits per heavy atom. The molecule has 1 heterocycles. The van der Waals surface area contributed by atoms with Crippen molar-refractivity contribution in [2.24, 2.45) is 0 Å². The maximum Gasteiger partial charge on any atom is 0.261 e. The van der Waals surface area contributed by atoms with Crippen LogP contribution >= 0.6 is 0 Å². The molecule has 1 N–H and O–H groups in total. The quantitative estimate of drug-likeness (QED) is 0.761. The van der Waals surface area contributed by atoms with Crippen LogP contribution in [-0.4, -0.2) is 28.6 Å². The van der Waals surface area contributed by atoms with Crippen LogP contribution in [-0.2, 0) is 15.4 Å². The minimum absolute atomic E-state index is 0.0352. The number of anilines is 1. The predicted molar refractivity (Wildman–Crippen MR) is 99.8 cm³/mol. The predicted octanol–water partition coefficient (Wildman–Crippen LogP) is 3.07. The van der Waals surface area contributed by atoms with Crippen molar-refractivity contribution in [2.45, 2.75) is 38.0 Å². The lowest BCUT2D eigenvalue weighted by molar-refractivity contribution is 0.587. The van der Waals surface area contributed by atoms with Crippen LogP contribution in [0.15, 0.2) is 53.7 Å². The number of hydrogen-bond acceptors (Lipinski definition) is 5. The average Bonchev–Trinajstić information content (AvgIpc) is 3.10. The van der Waals surface area contributed by atoms with E-state index >= 15 is 0 Å². The van der Waals surface area contributed by atoms with Gasteiger partial charge in [-0.25, -0.2) is 13.1 Å². The molecule has 3 aromatic rings. The highest BCUT2D eigenvalue weighted by Gasteiger charge is 2.19. The van der Waals surface area contributed by atoms with Crippen LogP contribution in [0, 0.1) is 6.92 Å². The van der Waals surface area contributed by atoms with Gasteiger partial charge in [-0.2, -0.15) is 0 Å². The van der Waals surface area contributed by atoms with Gasteiger partial charge in [-0.1, -0.05) is 39.0 Å². The minimum Gasteiger partial charge on any atom is -0.279 e. The van der Waals surface area contributed by atoms with E-state index in [1.54, 1.807) is 24.3 Å². The molecule has 0 aliphatic carbocycles. The highest BCUT2D eigenvalue weighted by molar-refractivity contribution is 7.92. The largest absolute Gasteiger partial charge is 0.279 e. The zero-order valence-corrected chi connectivity index (χ0v) is 15.9. The van der Waals surface area contributed by atoms with Crippen molar-refractivity contribution >= 4 is 15.7 Å². The number of sulfonamides is 1. The maximum absolute atomic E-state index is 12.8. The number of nitrogens with one attached hydrogen (secondary N) is 1. The second kappa shape index (κ2) is 6.53. The van der Waals surface area contributed by atoms with Crippen LogP contribution in [0.25, 0.3) is 5.69 Å². The summed E-state index contributed by atoms with van der Waals surface area (Å²) in [5.41, 5.74) is 2.96. The Balaban J connectivity index is 1.92. The topological polar surface area (TPSA) is 89.8 Å². The van der Waals surface area contributed by atoms with Crippen molar-refractivity contribution in [1.82, 2.24) is 20.2 Å². The molecule has 0 amide bonds. The summed E-state index contributed by atoms with van der Waals surface area (Å²) in [6.45, 7) is 8.07. The van der Waals surface area contributed by atoms with Crippen molar-refractivity contribution in [3.8, 4) is 5.69 Å². The summed E-state index contributed by atoms with van der Waals surface area (Å²) < 4.78 is 29.7. The number of tetrazole rings is 1. The Morgan fingerprint density at radius 2 is 1.73 bits per heavy atom. The molecule has 0 aliphatic rings. The zero-order chi connectivity index (χ0) is 18.9. The molecule has 0 unspecified atom stereocenters. The summed E-state index contributed by atoms with van der Waals surface area (Å²) >= 11 is 0. The molecule has 1 aromatic heterocycles. The maximum atomic E-state index is 12.8. The second-order valence-electron chi connectivity index (χ2n) is 7.08. The third kappa shape index (κ3) is 3.60. The lowest BCUT2D eigenvalue weighted by atomic mass is 9.87. The minimum atomic E-state index is -3.69. The monoisotopic (exact) mass is 371 g/mol. The lowest BCUT2D eigenvalue weighted by Crippen LogP contribution is -2.16. The van der Waals surface area contributed by atoms with Crippen LogP contribution in [0.5, 0.6) is 0 Å². The van der Waals surface area contributed by atoms with Gasteiger partial charge in [0, 0.05) is 0 Å². The summed E-state index contributed by atoms with van der Waals surface area (Å²) in [5.74, 6) is 0. The van der Waals surface area contributed by atoms with Crippen molar-refractivity contribution in [1.29, 1.82) is 0 Å². The van der Waals surface area contributed by atoms with Gasteiger partial charge in [0.2, 0.25) is 0 Å². The van der Waals surface area contributed by atoms with Gasteiger partial charge in [-0.3, -0.25) is 4.72 Å². The van der Waals surface area contributed by atoms with E-state index in [0.717, 1.165) is 11.1 Å². The summed E-state index contributed by atoms with van der Waals surface area (Å²) in [4.78, 5) is 0.220. The molecule has 0 spiro atoms. The molecular formula is C18H21N5O2S. The Morgan fingerprint density at radius 3 is 2.31 bits per heavy atom. The van der Waals surface area contributed by atoms with Gasteiger partial charge in [0.05, 0.1) is 16.3 Å². The first-order valence-corrected chi connectivity index (χ1v) is 9.63. The molecular weight excluding hydrogens is 350 g/mol. The molecule has 7 nitrogen and oxygen atoms in total. The molecule has 0 aliphatic heterocycles. The first-order chi connectivity index (χ1) is 12.2. The van der Waals surface area contributed by atoms with Gasteiger partial charge < -0.3 is 0 Å². The molecule has 0 saturated carbocycles. The van der Waals surface area contributed by atoms with Crippen LogP contribution < -0.4 is 4.72 Å². The third-order valence-corrected chi connectivity index (χ3v) is 5.56. The Bertz CT molecular complexity index is 1000. The van der Waals surface area contributed by atoms with Crippen molar-refractivity contribution < 1.29 is 8.42 Å². The molecule has 26 heavy (non-hydrogen) atoms. The fourth-order valence-electron chi connectivity index (χ4n) is 2.59. The van der Waals surface area contributed by atoms with Crippen molar-refractivity contribution in [3.05, 3.63) is 59.9 Å². The zero-order valence-electron chi connectivity index (χ0n) is 15.1. The molecule has 2 aromatic carbocycles. The van der Waals surface area contributed by atoms with Gasteiger partial charge in [0.25, 0.3) is 10.0 Å². The molecule has 0 atom stereocenters. The van der Waals surface area contributed by atoms with Crippen molar-refractivity contribution in [2.75, 3.05) is 4.72 Å².